The van der Waals surface area contributed by atoms with Gasteiger partial charge in [-0.2, -0.15) is 0 Å². The molecule has 1 aliphatic rings. The summed E-state index contributed by atoms with van der Waals surface area (Å²) < 4.78 is 0. The number of aromatic nitrogens is 1. The van der Waals surface area contributed by atoms with Crippen LogP contribution < -0.4 is 10.6 Å². The number of H-pyrrole nitrogens is 1. The van der Waals surface area contributed by atoms with Crippen LogP contribution in [0.25, 0.3) is 10.9 Å². The minimum atomic E-state index is -0.522. The highest BCUT2D eigenvalue weighted by atomic mass is 35.5. The second-order valence-corrected chi connectivity index (χ2v) is 8.47. The first-order valence-corrected chi connectivity index (χ1v) is 11.0. The molecule has 2 atom stereocenters. The number of aromatic amines is 1. The molecule has 0 radical (unpaired) electrons. The van der Waals surface area contributed by atoms with E-state index in [4.69, 9.17) is 11.6 Å². The zero-order valence-electron chi connectivity index (χ0n) is 18.2. The molecule has 4 amide bonds. The van der Waals surface area contributed by atoms with Gasteiger partial charge in [-0.15, -0.1) is 0 Å². The predicted octanol–water partition coefficient (Wildman–Crippen LogP) is 2.87. The number of urea groups is 1. The summed E-state index contributed by atoms with van der Waals surface area (Å²) >= 11 is 6.03. The minimum Gasteiger partial charge on any atom is -0.357 e. The van der Waals surface area contributed by atoms with Gasteiger partial charge in [0.2, 0.25) is 11.8 Å². The average molecular weight is 448 g/mol. The van der Waals surface area contributed by atoms with Gasteiger partial charge < -0.3 is 25.4 Å². The number of nitrogens with zero attached hydrogens (tertiary/aromatic N) is 2. The van der Waals surface area contributed by atoms with Gasteiger partial charge in [-0.1, -0.05) is 18.5 Å². The van der Waals surface area contributed by atoms with Crippen LogP contribution in [0.5, 0.6) is 0 Å². The fourth-order valence-electron chi connectivity index (χ4n) is 4.00. The van der Waals surface area contributed by atoms with Crippen molar-refractivity contribution in [1.82, 2.24) is 25.4 Å². The highest BCUT2D eigenvalue weighted by molar-refractivity contribution is 6.31. The first-order valence-electron chi connectivity index (χ1n) is 10.6. The molecular weight excluding hydrogens is 418 g/mol. The molecule has 2 heterocycles. The summed E-state index contributed by atoms with van der Waals surface area (Å²) in [6.45, 7) is 4.75. The smallest absolute Gasteiger partial charge is 0.317 e. The van der Waals surface area contributed by atoms with Gasteiger partial charge in [0.25, 0.3) is 0 Å². The zero-order valence-corrected chi connectivity index (χ0v) is 19.0. The number of hydrogen-bond acceptors (Lipinski definition) is 3. The standard InChI is InChI=1S/C22H30ClN5O3/c1-4-19(25-14(2)29)21(30)28-9-5-6-18(13-28)27(3)22(31)24-12-17-11-15-10-16(23)7-8-20(15)26-17/h7-8,10-11,18-19,26H,4-6,9,12-13H2,1-3H3,(H,24,31)(H,25,29). The monoisotopic (exact) mass is 447 g/mol. The van der Waals surface area contributed by atoms with Crippen molar-refractivity contribution in [2.75, 3.05) is 20.1 Å². The summed E-state index contributed by atoms with van der Waals surface area (Å²) in [7, 11) is 1.75. The van der Waals surface area contributed by atoms with Crippen molar-refractivity contribution in [3.8, 4) is 0 Å². The number of rotatable bonds is 6. The molecule has 31 heavy (non-hydrogen) atoms. The van der Waals surface area contributed by atoms with Crippen LogP contribution in [-0.4, -0.2) is 64.9 Å². The SMILES string of the molecule is CCC(NC(C)=O)C(=O)N1CCCC(N(C)C(=O)NCc2cc3cc(Cl)ccc3[nH]2)C1. The normalized spacial score (nSPS) is 17.3. The molecule has 8 nitrogen and oxygen atoms in total. The van der Waals surface area contributed by atoms with Crippen LogP contribution in [0.2, 0.25) is 5.02 Å². The number of likely N-dealkylation sites (tertiary alicyclic amines) is 1. The topological polar surface area (TPSA) is 97.5 Å². The van der Waals surface area contributed by atoms with Crippen LogP contribution in [0.15, 0.2) is 24.3 Å². The van der Waals surface area contributed by atoms with Crippen LogP contribution in [0.1, 0.15) is 38.8 Å². The lowest BCUT2D eigenvalue weighted by molar-refractivity contribution is -0.137. The molecule has 0 spiro atoms. The molecule has 2 unspecified atom stereocenters. The van der Waals surface area contributed by atoms with Gasteiger partial charge in [0.05, 0.1) is 12.6 Å². The number of nitrogens with one attached hydrogen (secondary N) is 3. The number of likely N-dealkylation sites (N-methyl/N-ethyl adjacent to an activating group) is 1. The molecule has 9 heteroatoms. The van der Waals surface area contributed by atoms with Crippen LogP contribution in [0.3, 0.4) is 0 Å². The summed E-state index contributed by atoms with van der Waals surface area (Å²) in [4.78, 5) is 43.6. The molecular formula is C22H30ClN5O3. The van der Waals surface area contributed by atoms with Crippen molar-refractivity contribution in [2.45, 2.75) is 51.7 Å². The van der Waals surface area contributed by atoms with E-state index in [1.165, 1.54) is 6.92 Å². The number of carbonyl (C=O) groups is 3. The van der Waals surface area contributed by atoms with Crippen LogP contribution in [-0.2, 0) is 16.1 Å². The Labute approximate surface area is 187 Å². The number of piperidine rings is 1. The first-order chi connectivity index (χ1) is 14.8. The first kappa shape index (κ1) is 22.9. The third kappa shape index (κ3) is 5.70. The summed E-state index contributed by atoms with van der Waals surface area (Å²) in [5.74, 6) is -0.308. The van der Waals surface area contributed by atoms with Crippen LogP contribution >= 0.6 is 11.6 Å². The molecule has 1 aliphatic heterocycles. The van der Waals surface area contributed by atoms with Crippen molar-refractivity contribution in [1.29, 1.82) is 0 Å². The Hall–Kier alpha value is -2.74. The summed E-state index contributed by atoms with van der Waals surface area (Å²) in [5.41, 5.74) is 1.86. The van der Waals surface area contributed by atoms with E-state index in [0.717, 1.165) is 29.4 Å². The number of fused-ring (bicyclic) bond motifs is 1. The second-order valence-electron chi connectivity index (χ2n) is 8.04. The third-order valence-electron chi connectivity index (χ3n) is 5.73. The van der Waals surface area contributed by atoms with Crippen LogP contribution in [0, 0.1) is 0 Å². The van der Waals surface area contributed by atoms with Crippen LogP contribution in [0.4, 0.5) is 4.79 Å². The van der Waals surface area contributed by atoms with E-state index < -0.39 is 6.04 Å². The van der Waals surface area contributed by atoms with E-state index in [2.05, 4.69) is 15.6 Å². The lowest BCUT2D eigenvalue weighted by atomic mass is 10.0. The fraction of sp³-hybridized carbons (Fsp3) is 0.500. The Morgan fingerprint density at radius 2 is 2.10 bits per heavy atom. The Morgan fingerprint density at radius 3 is 2.81 bits per heavy atom. The Morgan fingerprint density at radius 1 is 1.32 bits per heavy atom. The zero-order chi connectivity index (χ0) is 22.5. The maximum atomic E-state index is 12.8. The maximum Gasteiger partial charge on any atom is 0.317 e. The highest BCUT2D eigenvalue weighted by Gasteiger charge is 2.31. The van der Waals surface area contributed by atoms with Gasteiger partial charge >= 0.3 is 6.03 Å². The number of hydrogen-bond donors (Lipinski definition) is 3. The molecule has 0 bridgehead atoms. The quantitative estimate of drug-likeness (QED) is 0.635. The molecule has 1 aromatic carbocycles. The van der Waals surface area contributed by atoms with E-state index in [-0.39, 0.29) is 23.9 Å². The van der Waals surface area contributed by atoms with Crippen molar-refractivity contribution >= 4 is 40.3 Å². The fourth-order valence-corrected chi connectivity index (χ4v) is 4.18. The number of amides is 4. The van der Waals surface area contributed by atoms with Crippen molar-refractivity contribution in [2.24, 2.45) is 0 Å². The van der Waals surface area contributed by atoms with Gasteiger partial charge in [0.15, 0.2) is 0 Å². The van der Waals surface area contributed by atoms with E-state index in [0.29, 0.717) is 31.1 Å². The lowest BCUT2D eigenvalue weighted by Crippen LogP contribution is -2.56. The van der Waals surface area contributed by atoms with Gasteiger partial charge in [-0.3, -0.25) is 9.59 Å². The van der Waals surface area contributed by atoms with Crippen molar-refractivity contribution in [3.05, 3.63) is 35.0 Å². The Balaban J connectivity index is 1.56. The molecule has 3 rings (SSSR count). The number of halogens is 1. The third-order valence-corrected chi connectivity index (χ3v) is 5.96. The van der Waals surface area contributed by atoms with Crippen molar-refractivity contribution < 1.29 is 14.4 Å². The van der Waals surface area contributed by atoms with Gasteiger partial charge in [0.1, 0.15) is 6.04 Å². The Kier molecular flexibility index (Phi) is 7.43. The highest BCUT2D eigenvalue weighted by Crippen LogP contribution is 2.20. The second kappa shape index (κ2) is 10.0. The molecule has 0 aliphatic carbocycles. The maximum absolute atomic E-state index is 12.8. The molecule has 168 valence electrons. The molecule has 1 saturated heterocycles. The van der Waals surface area contributed by atoms with Gasteiger partial charge in [0, 0.05) is 48.7 Å². The Bertz CT molecular complexity index is 960. The molecule has 1 fully saturated rings. The number of carbonyl (C=O) groups excluding carboxylic acids is 3. The summed E-state index contributed by atoms with van der Waals surface area (Å²) in [5, 5.41) is 7.31. The molecule has 3 N–H and O–H groups in total. The number of benzene rings is 1. The van der Waals surface area contributed by atoms with Gasteiger partial charge in [-0.25, -0.2) is 4.79 Å². The minimum absolute atomic E-state index is 0.0749. The van der Waals surface area contributed by atoms with E-state index in [9.17, 15) is 14.4 Å². The largest absolute Gasteiger partial charge is 0.357 e. The van der Waals surface area contributed by atoms with Crippen molar-refractivity contribution in [3.63, 3.8) is 0 Å². The summed E-state index contributed by atoms with van der Waals surface area (Å²) in [6.07, 6.45) is 2.18. The van der Waals surface area contributed by atoms with E-state index in [1.807, 2.05) is 31.2 Å². The molecule has 1 aromatic heterocycles. The van der Waals surface area contributed by atoms with Gasteiger partial charge in [-0.05, 0) is 43.5 Å². The predicted molar refractivity (Wildman–Crippen MR) is 121 cm³/mol. The van der Waals surface area contributed by atoms with E-state index >= 15 is 0 Å². The molecule has 0 saturated carbocycles. The summed E-state index contributed by atoms with van der Waals surface area (Å²) in [6, 6.07) is 6.79. The lowest BCUT2D eigenvalue weighted by Gasteiger charge is -2.38. The molecule has 2 aromatic rings. The average Bonchev–Trinajstić information content (AvgIpc) is 3.16. The van der Waals surface area contributed by atoms with E-state index in [1.54, 1.807) is 16.8 Å².